The second kappa shape index (κ2) is 8.54. The van der Waals surface area contributed by atoms with Crippen LogP contribution in [0.1, 0.15) is 25.3 Å². The number of amides is 1. The van der Waals surface area contributed by atoms with Crippen molar-refractivity contribution in [1.29, 1.82) is 0 Å². The number of rotatable bonds is 5. The third-order valence-electron chi connectivity index (χ3n) is 4.98. The van der Waals surface area contributed by atoms with Crippen molar-refractivity contribution in [3.05, 3.63) is 35.9 Å². The zero-order valence-corrected chi connectivity index (χ0v) is 15.1. The Morgan fingerprint density at radius 1 is 1.24 bits per heavy atom. The summed E-state index contributed by atoms with van der Waals surface area (Å²) < 4.78 is 10.4. The van der Waals surface area contributed by atoms with Gasteiger partial charge in [0.25, 0.3) is 0 Å². The van der Waals surface area contributed by atoms with Gasteiger partial charge in [-0.3, -0.25) is 4.79 Å². The van der Waals surface area contributed by atoms with Gasteiger partial charge in [0.1, 0.15) is 6.61 Å². The molecule has 1 unspecified atom stereocenters. The van der Waals surface area contributed by atoms with Gasteiger partial charge in [0, 0.05) is 24.5 Å². The quantitative estimate of drug-likeness (QED) is 0.780. The van der Waals surface area contributed by atoms with Crippen molar-refractivity contribution in [2.45, 2.75) is 32.4 Å². The van der Waals surface area contributed by atoms with Gasteiger partial charge in [-0.05, 0) is 25.3 Å². The van der Waals surface area contributed by atoms with Gasteiger partial charge in [-0.1, -0.05) is 30.3 Å². The topological polar surface area (TPSA) is 76.7 Å². The fraction of sp³-hybridized carbons (Fsp3) is 0.556. The van der Waals surface area contributed by atoms with Crippen LogP contribution in [0.3, 0.4) is 0 Å². The lowest BCUT2D eigenvalue weighted by atomic mass is 9.60. The lowest BCUT2D eigenvalue weighted by Gasteiger charge is -2.47. The zero-order chi connectivity index (χ0) is 17.0. The molecule has 1 aromatic carbocycles. The molecule has 1 aliphatic heterocycles. The number of ether oxygens (including phenoxy) is 2. The van der Waals surface area contributed by atoms with Crippen LogP contribution in [-0.4, -0.2) is 37.8 Å². The van der Waals surface area contributed by atoms with E-state index in [0.29, 0.717) is 13.2 Å². The molecular weight excluding hydrogens is 344 g/mol. The van der Waals surface area contributed by atoms with Crippen molar-refractivity contribution in [3.8, 4) is 0 Å². The van der Waals surface area contributed by atoms with Crippen molar-refractivity contribution in [2.75, 3.05) is 19.7 Å². The Bertz CT molecular complexity index is 590. The molecule has 0 radical (unpaired) electrons. The number of carbonyl (C=O) groups excluding carboxylic acids is 2. The highest BCUT2D eigenvalue weighted by molar-refractivity contribution is 5.85. The second-order valence-corrected chi connectivity index (χ2v) is 6.61. The normalized spacial score (nSPS) is 27.1. The molecule has 1 aliphatic carbocycles. The Kier molecular flexibility index (Phi) is 6.67. The van der Waals surface area contributed by atoms with E-state index in [9.17, 15) is 9.59 Å². The number of alkyl carbamates (subject to hydrolysis) is 1. The zero-order valence-electron chi connectivity index (χ0n) is 14.3. The molecule has 2 fully saturated rings. The Hall–Kier alpha value is -1.79. The van der Waals surface area contributed by atoms with Crippen LogP contribution in [-0.2, 0) is 20.9 Å². The molecule has 1 saturated carbocycles. The van der Waals surface area contributed by atoms with E-state index in [4.69, 9.17) is 9.47 Å². The average molecular weight is 369 g/mol. The maximum absolute atomic E-state index is 12.1. The number of halogens is 1. The van der Waals surface area contributed by atoms with Gasteiger partial charge in [0.2, 0.25) is 0 Å². The van der Waals surface area contributed by atoms with E-state index < -0.39 is 6.09 Å². The van der Waals surface area contributed by atoms with Crippen LogP contribution in [0.5, 0.6) is 0 Å². The average Bonchev–Trinajstić information content (AvgIpc) is 2.99. The minimum atomic E-state index is -0.405. The summed E-state index contributed by atoms with van der Waals surface area (Å²) in [5.41, 5.74) is 0.879. The summed E-state index contributed by atoms with van der Waals surface area (Å²) in [6, 6.07) is 9.64. The van der Waals surface area contributed by atoms with E-state index in [1.54, 1.807) is 0 Å². The molecule has 6 nitrogen and oxygen atoms in total. The number of nitrogens with one attached hydrogen (secondary N) is 2. The van der Waals surface area contributed by atoms with Crippen LogP contribution in [0.4, 0.5) is 4.79 Å². The third kappa shape index (κ3) is 4.44. The molecule has 3 rings (SSSR count). The number of benzene rings is 1. The largest absolute Gasteiger partial charge is 0.466 e. The molecule has 1 saturated heterocycles. The van der Waals surface area contributed by atoms with E-state index in [2.05, 4.69) is 10.6 Å². The van der Waals surface area contributed by atoms with Gasteiger partial charge in [-0.2, -0.15) is 0 Å². The first-order valence-electron chi connectivity index (χ1n) is 8.47. The van der Waals surface area contributed by atoms with E-state index in [1.807, 2.05) is 37.3 Å². The summed E-state index contributed by atoms with van der Waals surface area (Å²) >= 11 is 0. The molecule has 0 aromatic heterocycles. The molecule has 1 heterocycles. The molecule has 0 bridgehead atoms. The van der Waals surface area contributed by atoms with E-state index in [0.717, 1.165) is 24.9 Å². The number of carbonyl (C=O) groups is 2. The van der Waals surface area contributed by atoms with Gasteiger partial charge < -0.3 is 20.1 Å². The molecule has 1 amide bonds. The molecule has 138 valence electrons. The van der Waals surface area contributed by atoms with E-state index in [-0.39, 0.29) is 42.4 Å². The summed E-state index contributed by atoms with van der Waals surface area (Å²) in [5, 5.41) is 6.17. The monoisotopic (exact) mass is 368 g/mol. The van der Waals surface area contributed by atoms with Crippen LogP contribution < -0.4 is 10.6 Å². The van der Waals surface area contributed by atoms with Crippen LogP contribution in [0, 0.1) is 11.3 Å². The second-order valence-electron chi connectivity index (χ2n) is 6.61. The fourth-order valence-corrected chi connectivity index (χ4v) is 3.77. The van der Waals surface area contributed by atoms with Gasteiger partial charge in [-0.25, -0.2) is 4.79 Å². The minimum absolute atomic E-state index is 0. The van der Waals surface area contributed by atoms with E-state index >= 15 is 0 Å². The highest BCUT2D eigenvalue weighted by Gasteiger charge is 2.55. The first-order chi connectivity index (χ1) is 11.6. The Morgan fingerprint density at radius 2 is 1.96 bits per heavy atom. The molecule has 2 N–H and O–H groups in total. The summed E-state index contributed by atoms with van der Waals surface area (Å²) in [6.45, 7) is 3.94. The number of hydrogen-bond acceptors (Lipinski definition) is 5. The molecule has 1 atom stereocenters. The number of hydrogen-bond donors (Lipinski definition) is 2. The Labute approximate surface area is 154 Å². The summed E-state index contributed by atoms with van der Waals surface area (Å²) in [5.74, 6) is -0.247. The van der Waals surface area contributed by atoms with Crippen molar-refractivity contribution >= 4 is 24.5 Å². The van der Waals surface area contributed by atoms with Crippen molar-refractivity contribution < 1.29 is 19.1 Å². The molecule has 1 spiro atoms. The minimum Gasteiger partial charge on any atom is -0.466 e. The van der Waals surface area contributed by atoms with Crippen molar-refractivity contribution in [1.82, 2.24) is 10.6 Å². The van der Waals surface area contributed by atoms with Crippen LogP contribution in [0.25, 0.3) is 0 Å². The predicted molar refractivity (Wildman–Crippen MR) is 95.5 cm³/mol. The SMILES string of the molecule is CCOC(=O)C1CNCC12CC(NC(=O)OCc1ccccc1)C2.Cl. The Morgan fingerprint density at radius 3 is 2.64 bits per heavy atom. The van der Waals surface area contributed by atoms with Crippen LogP contribution >= 0.6 is 12.4 Å². The Balaban J connectivity index is 0.00000225. The van der Waals surface area contributed by atoms with Crippen LogP contribution in [0.2, 0.25) is 0 Å². The van der Waals surface area contributed by atoms with Crippen molar-refractivity contribution in [2.24, 2.45) is 11.3 Å². The first-order valence-corrected chi connectivity index (χ1v) is 8.47. The highest BCUT2D eigenvalue weighted by Crippen LogP contribution is 2.49. The first kappa shape index (κ1) is 19.5. The molecule has 25 heavy (non-hydrogen) atoms. The molecule has 7 heteroatoms. The maximum atomic E-state index is 12.1. The van der Waals surface area contributed by atoms with Crippen molar-refractivity contribution in [3.63, 3.8) is 0 Å². The lowest BCUT2D eigenvalue weighted by Crippen LogP contribution is -2.55. The molecular formula is C18H25ClN2O4. The third-order valence-corrected chi connectivity index (χ3v) is 4.98. The van der Waals surface area contributed by atoms with Gasteiger partial charge >= 0.3 is 12.1 Å². The fourth-order valence-electron chi connectivity index (χ4n) is 3.77. The number of esters is 1. The highest BCUT2D eigenvalue weighted by atomic mass is 35.5. The van der Waals surface area contributed by atoms with E-state index in [1.165, 1.54) is 0 Å². The smallest absolute Gasteiger partial charge is 0.407 e. The maximum Gasteiger partial charge on any atom is 0.407 e. The molecule has 1 aromatic rings. The summed E-state index contributed by atoms with van der Waals surface area (Å²) in [6.07, 6.45) is 1.16. The van der Waals surface area contributed by atoms with Gasteiger partial charge in [-0.15, -0.1) is 12.4 Å². The lowest BCUT2D eigenvalue weighted by molar-refractivity contribution is -0.153. The molecule has 2 aliphatic rings. The van der Waals surface area contributed by atoms with Gasteiger partial charge in [0.15, 0.2) is 0 Å². The standard InChI is InChI=1S/C18H24N2O4.ClH/c1-2-23-16(21)15-10-19-12-18(15)8-14(9-18)20-17(22)24-11-13-6-4-3-5-7-13;/h3-7,14-15,19H,2,8-12H2,1H3,(H,20,22);1H. The summed E-state index contributed by atoms with van der Waals surface area (Å²) in [4.78, 5) is 24.0. The van der Waals surface area contributed by atoms with Crippen LogP contribution in [0.15, 0.2) is 30.3 Å². The van der Waals surface area contributed by atoms with Gasteiger partial charge in [0.05, 0.1) is 12.5 Å². The summed E-state index contributed by atoms with van der Waals surface area (Å²) in [7, 11) is 0. The predicted octanol–water partition coefficient (Wildman–Crippen LogP) is 2.27.